The zero-order valence-electron chi connectivity index (χ0n) is 17.0. The van der Waals surface area contributed by atoms with E-state index in [0.29, 0.717) is 15.6 Å². The number of anilines is 1. The van der Waals surface area contributed by atoms with E-state index in [2.05, 4.69) is 5.32 Å². The van der Waals surface area contributed by atoms with Crippen LogP contribution in [0.2, 0.25) is 15.1 Å². The van der Waals surface area contributed by atoms with Gasteiger partial charge in [0, 0.05) is 46.5 Å². The van der Waals surface area contributed by atoms with E-state index in [1.165, 1.54) is 13.0 Å². The first-order valence-electron chi connectivity index (χ1n) is 9.81. The molecule has 2 aromatic carbocycles. The number of rotatable bonds is 8. The van der Waals surface area contributed by atoms with E-state index < -0.39 is 63.9 Å². The maximum Gasteiger partial charge on any atom is 0.248 e. The Morgan fingerprint density at radius 3 is 2.24 bits per heavy atom. The van der Waals surface area contributed by atoms with Crippen LogP contribution in [0, 0.1) is 11.7 Å². The van der Waals surface area contributed by atoms with Gasteiger partial charge in [-0.15, -0.1) is 23.2 Å². The molecule has 2 atom stereocenters. The fourth-order valence-electron chi connectivity index (χ4n) is 3.51. The molecule has 0 radical (unpaired) electrons. The molecule has 0 bridgehead atoms. The van der Waals surface area contributed by atoms with Crippen molar-refractivity contribution in [3.63, 3.8) is 0 Å². The van der Waals surface area contributed by atoms with Gasteiger partial charge in [-0.1, -0.05) is 41.7 Å². The third kappa shape index (κ3) is 5.91. The summed E-state index contributed by atoms with van der Waals surface area (Å²) in [6.07, 6.45) is -1.68. The topological polar surface area (TPSA) is 46.2 Å². The summed E-state index contributed by atoms with van der Waals surface area (Å²) in [7, 11) is 0. The zero-order chi connectivity index (χ0) is 24.7. The summed E-state index contributed by atoms with van der Waals surface area (Å²) >= 11 is 30.5. The van der Waals surface area contributed by atoms with E-state index in [1.54, 1.807) is 12.1 Å². The average Bonchev–Trinajstić information content (AvgIpc) is 3.30. The maximum atomic E-state index is 14.3. The first-order valence-corrected chi connectivity index (χ1v) is 11.7. The van der Waals surface area contributed by atoms with Gasteiger partial charge in [0.05, 0.1) is 10.9 Å². The van der Waals surface area contributed by atoms with E-state index in [1.807, 2.05) is 0 Å². The van der Waals surface area contributed by atoms with Crippen LogP contribution in [0.4, 0.5) is 18.9 Å². The maximum absolute atomic E-state index is 14.3. The second-order valence-corrected chi connectivity index (χ2v) is 10.5. The summed E-state index contributed by atoms with van der Waals surface area (Å²) in [6, 6.07) is 6.72. The van der Waals surface area contributed by atoms with Crippen molar-refractivity contribution in [3.05, 3.63) is 62.3 Å². The number of alkyl halides is 4. The molecule has 1 aliphatic rings. The highest BCUT2D eigenvalue weighted by atomic mass is 35.5. The molecule has 2 aromatic rings. The minimum atomic E-state index is -3.03. The first kappa shape index (κ1) is 26.4. The van der Waals surface area contributed by atoms with E-state index >= 15 is 0 Å². The normalized spacial score (nSPS) is 19.3. The minimum absolute atomic E-state index is 0.0913. The van der Waals surface area contributed by atoms with Crippen LogP contribution < -0.4 is 5.32 Å². The van der Waals surface area contributed by atoms with E-state index in [0.717, 1.165) is 12.1 Å². The summed E-state index contributed by atoms with van der Waals surface area (Å²) in [5, 5.41) is 2.62. The monoisotopic (exact) mass is 559 g/mol. The van der Waals surface area contributed by atoms with Crippen molar-refractivity contribution >= 4 is 75.4 Å². The number of amides is 1. The molecule has 0 heterocycles. The molecule has 0 aliphatic heterocycles. The summed E-state index contributed by atoms with van der Waals surface area (Å²) < 4.78 is 39.9. The second-order valence-electron chi connectivity index (χ2n) is 7.77. The molecule has 11 heteroatoms. The molecule has 2 unspecified atom stereocenters. The van der Waals surface area contributed by atoms with Crippen LogP contribution in [0.15, 0.2) is 30.3 Å². The summed E-state index contributed by atoms with van der Waals surface area (Å²) in [6.45, 7) is 1.30. The standard InChI is InChI=1S/C22H17Cl5F3NO2/c1-2-21(29,30)4-3-16(32)14-8-13(9-15(28)19(14)25)31-20(33)18-17(22(18,26)27)10-5-11(23)7-12(24)6-10/h5-9,17-18H,2-4H2,1H3,(H,31,33). The molecular formula is C22H17Cl5F3NO2. The van der Waals surface area contributed by atoms with Crippen molar-refractivity contribution in [3.8, 4) is 0 Å². The Kier molecular flexibility index (Phi) is 7.87. The largest absolute Gasteiger partial charge is 0.326 e. The number of ketones is 1. The minimum Gasteiger partial charge on any atom is -0.326 e. The number of hydrogen-bond acceptors (Lipinski definition) is 2. The summed E-state index contributed by atoms with van der Waals surface area (Å²) in [5.74, 6) is -6.98. The Bertz CT molecular complexity index is 1090. The zero-order valence-corrected chi connectivity index (χ0v) is 20.8. The Balaban J connectivity index is 1.79. The molecule has 0 spiro atoms. The van der Waals surface area contributed by atoms with Crippen molar-refractivity contribution in [2.45, 2.75) is 42.4 Å². The molecule has 1 amide bonds. The molecular weight excluding hydrogens is 545 g/mol. The van der Waals surface area contributed by atoms with Crippen LogP contribution in [-0.2, 0) is 4.79 Å². The lowest BCUT2D eigenvalue weighted by molar-refractivity contribution is -0.117. The smallest absolute Gasteiger partial charge is 0.248 e. The van der Waals surface area contributed by atoms with Crippen molar-refractivity contribution in [1.82, 2.24) is 0 Å². The summed E-state index contributed by atoms with van der Waals surface area (Å²) in [5.41, 5.74) is 0.148. The van der Waals surface area contributed by atoms with Gasteiger partial charge in [0.25, 0.3) is 0 Å². The Morgan fingerprint density at radius 1 is 1.06 bits per heavy atom. The van der Waals surface area contributed by atoms with E-state index in [-0.39, 0.29) is 11.3 Å². The lowest BCUT2D eigenvalue weighted by Gasteiger charge is -2.14. The van der Waals surface area contributed by atoms with Crippen LogP contribution in [0.25, 0.3) is 0 Å². The van der Waals surface area contributed by atoms with Gasteiger partial charge in [0.2, 0.25) is 11.8 Å². The predicted octanol–water partition coefficient (Wildman–Crippen LogP) is 8.32. The highest BCUT2D eigenvalue weighted by Crippen LogP contribution is 2.65. The lowest BCUT2D eigenvalue weighted by atomic mass is 10.0. The molecule has 33 heavy (non-hydrogen) atoms. The molecule has 178 valence electrons. The number of carbonyl (C=O) groups is 2. The molecule has 0 aromatic heterocycles. The van der Waals surface area contributed by atoms with E-state index in [9.17, 15) is 22.8 Å². The highest BCUT2D eigenvalue weighted by Gasteiger charge is 2.67. The third-order valence-electron chi connectivity index (χ3n) is 5.41. The van der Waals surface area contributed by atoms with Gasteiger partial charge in [-0.2, -0.15) is 0 Å². The number of nitrogens with one attached hydrogen (secondary N) is 1. The SMILES string of the molecule is CCC(F)(F)CCC(=O)c1cc(NC(=O)C2C(c3cc(Cl)cc(Cl)c3)C2(Cl)Cl)cc(F)c1Cl. The van der Waals surface area contributed by atoms with Crippen molar-refractivity contribution in [2.24, 2.45) is 5.92 Å². The van der Waals surface area contributed by atoms with Gasteiger partial charge < -0.3 is 5.32 Å². The Hall–Kier alpha value is -1.18. The highest BCUT2D eigenvalue weighted by molar-refractivity contribution is 6.53. The van der Waals surface area contributed by atoms with Crippen LogP contribution in [0.5, 0.6) is 0 Å². The van der Waals surface area contributed by atoms with Crippen molar-refractivity contribution in [2.75, 3.05) is 5.32 Å². The van der Waals surface area contributed by atoms with Crippen LogP contribution in [0.3, 0.4) is 0 Å². The Morgan fingerprint density at radius 2 is 1.67 bits per heavy atom. The van der Waals surface area contributed by atoms with Gasteiger partial charge in [-0.25, -0.2) is 13.2 Å². The van der Waals surface area contributed by atoms with Crippen molar-refractivity contribution < 1.29 is 22.8 Å². The fraction of sp³-hybridized carbons (Fsp3) is 0.364. The van der Waals surface area contributed by atoms with Gasteiger partial charge in [0.15, 0.2) is 5.78 Å². The molecule has 3 rings (SSSR count). The second kappa shape index (κ2) is 9.82. The number of Topliss-reactive ketones (excluding diaryl/α,β-unsaturated/α-hetero) is 1. The molecule has 1 N–H and O–H groups in total. The number of halogens is 8. The molecule has 1 aliphatic carbocycles. The van der Waals surface area contributed by atoms with Gasteiger partial charge in [-0.3, -0.25) is 9.59 Å². The predicted molar refractivity (Wildman–Crippen MR) is 126 cm³/mol. The van der Waals surface area contributed by atoms with Gasteiger partial charge in [0.1, 0.15) is 10.2 Å². The number of benzene rings is 2. The molecule has 3 nitrogen and oxygen atoms in total. The molecule has 1 saturated carbocycles. The lowest BCUT2D eigenvalue weighted by Crippen LogP contribution is -2.18. The average molecular weight is 562 g/mol. The van der Waals surface area contributed by atoms with Gasteiger partial charge >= 0.3 is 0 Å². The van der Waals surface area contributed by atoms with Crippen LogP contribution >= 0.6 is 58.0 Å². The molecule has 0 saturated heterocycles. The van der Waals surface area contributed by atoms with Crippen molar-refractivity contribution in [1.29, 1.82) is 0 Å². The van der Waals surface area contributed by atoms with E-state index in [4.69, 9.17) is 58.0 Å². The van der Waals surface area contributed by atoms with Gasteiger partial charge in [-0.05, 0) is 35.9 Å². The van der Waals surface area contributed by atoms with Crippen LogP contribution in [-0.4, -0.2) is 21.9 Å². The quantitative estimate of drug-likeness (QED) is 0.260. The van der Waals surface area contributed by atoms with Crippen LogP contribution in [0.1, 0.15) is 48.0 Å². The summed E-state index contributed by atoms with van der Waals surface area (Å²) in [4.78, 5) is 25.2. The molecule has 1 fully saturated rings. The fourth-order valence-corrected chi connectivity index (χ4v) is 5.10. The first-order chi connectivity index (χ1) is 15.3. The Labute approximate surface area is 213 Å². The number of hydrogen-bond donors (Lipinski definition) is 1. The number of carbonyl (C=O) groups excluding carboxylic acids is 2. The third-order valence-corrected chi connectivity index (χ3v) is 7.17.